The topological polar surface area (TPSA) is 124 Å². The molecular formula is C11H16O7. The molecule has 18 heavy (non-hydrogen) atoms. The third-order valence-electron chi connectivity index (χ3n) is 1.16. The van der Waals surface area contributed by atoms with Gasteiger partial charge in [-0.15, -0.1) is 0 Å². The van der Waals surface area contributed by atoms with Crippen LogP contribution in [0.1, 0.15) is 13.8 Å². The van der Waals surface area contributed by atoms with Gasteiger partial charge in [0.1, 0.15) is 5.75 Å². The molecule has 0 unspecified atom stereocenters. The minimum atomic E-state index is -0.833. The summed E-state index contributed by atoms with van der Waals surface area (Å²) in [5.74, 6) is -1.28. The van der Waals surface area contributed by atoms with Gasteiger partial charge in [-0.2, -0.15) is 0 Å². The number of hydrogen-bond acceptors (Lipinski definition) is 5. The molecule has 7 heteroatoms. The molecule has 0 aliphatic rings. The summed E-state index contributed by atoms with van der Waals surface area (Å²) in [6, 6.07) is 4.10. The molecule has 0 aliphatic heterocycles. The quantitative estimate of drug-likeness (QED) is 0.560. The standard InChI is InChI=1S/C7H8O3.2C2H4O2/c1-10-7-4-5(8)2-3-6(7)9;2*1-2(3)4/h2-4,8-9H,1H3;2*1H3,(H,3,4). The second kappa shape index (κ2) is 9.76. The van der Waals surface area contributed by atoms with Gasteiger partial charge in [-0.05, 0) is 12.1 Å². The summed E-state index contributed by atoms with van der Waals surface area (Å²) in [5.41, 5.74) is 0. The normalized spacial score (nSPS) is 7.94. The van der Waals surface area contributed by atoms with Crippen LogP contribution in [0.3, 0.4) is 0 Å². The van der Waals surface area contributed by atoms with Gasteiger partial charge in [0.15, 0.2) is 11.5 Å². The Bertz CT molecular complexity index is 367. The molecule has 0 fully saturated rings. The van der Waals surface area contributed by atoms with Crippen LogP contribution >= 0.6 is 0 Å². The minimum Gasteiger partial charge on any atom is -0.508 e. The van der Waals surface area contributed by atoms with Crippen molar-refractivity contribution in [2.45, 2.75) is 13.8 Å². The lowest BCUT2D eigenvalue weighted by molar-refractivity contribution is -0.135. The van der Waals surface area contributed by atoms with E-state index in [0.717, 1.165) is 13.8 Å². The lowest BCUT2D eigenvalue weighted by Crippen LogP contribution is -1.81. The number of phenolic OH excluding ortho intramolecular Hbond substituents is 2. The molecule has 0 aliphatic carbocycles. The van der Waals surface area contributed by atoms with Crippen molar-refractivity contribution < 1.29 is 34.8 Å². The Morgan fingerprint density at radius 2 is 1.44 bits per heavy atom. The third-order valence-corrected chi connectivity index (χ3v) is 1.16. The van der Waals surface area contributed by atoms with Gasteiger partial charge in [0.2, 0.25) is 0 Å². The van der Waals surface area contributed by atoms with Crippen molar-refractivity contribution >= 4 is 11.9 Å². The first-order chi connectivity index (χ1) is 8.20. The van der Waals surface area contributed by atoms with Crippen molar-refractivity contribution in [1.29, 1.82) is 0 Å². The van der Waals surface area contributed by atoms with E-state index in [9.17, 15) is 0 Å². The maximum absolute atomic E-state index is 9.00. The van der Waals surface area contributed by atoms with E-state index < -0.39 is 11.9 Å². The fourth-order valence-electron chi connectivity index (χ4n) is 0.666. The second-order valence-corrected chi connectivity index (χ2v) is 2.89. The first kappa shape index (κ1) is 17.9. The Hall–Kier alpha value is -2.44. The number of aromatic hydroxyl groups is 2. The number of carbonyl (C=O) groups is 2. The number of benzene rings is 1. The lowest BCUT2D eigenvalue weighted by atomic mass is 10.3. The smallest absolute Gasteiger partial charge is 0.300 e. The maximum atomic E-state index is 9.00. The largest absolute Gasteiger partial charge is 0.508 e. The highest BCUT2D eigenvalue weighted by atomic mass is 16.5. The molecule has 4 N–H and O–H groups in total. The number of carboxylic acids is 2. The van der Waals surface area contributed by atoms with Crippen LogP contribution in [0.2, 0.25) is 0 Å². The molecule has 0 radical (unpaired) electrons. The summed E-state index contributed by atoms with van der Waals surface area (Å²) < 4.78 is 4.72. The monoisotopic (exact) mass is 260 g/mol. The number of carboxylic acid groups (broad SMARTS) is 2. The van der Waals surface area contributed by atoms with Crippen LogP contribution in [0.4, 0.5) is 0 Å². The molecular weight excluding hydrogens is 244 g/mol. The molecule has 0 saturated heterocycles. The summed E-state index contributed by atoms with van der Waals surface area (Å²) in [5, 5.41) is 32.7. The average molecular weight is 260 g/mol. The number of ether oxygens (including phenoxy) is 1. The molecule has 1 rings (SSSR count). The van der Waals surface area contributed by atoms with E-state index in [4.69, 9.17) is 34.8 Å². The van der Waals surface area contributed by atoms with E-state index in [-0.39, 0.29) is 17.2 Å². The van der Waals surface area contributed by atoms with Crippen LogP contribution in [-0.2, 0) is 9.59 Å². The van der Waals surface area contributed by atoms with Crippen molar-refractivity contribution in [3.8, 4) is 17.2 Å². The molecule has 102 valence electrons. The van der Waals surface area contributed by atoms with E-state index in [1.165, 1.54) is 25.3 Å². The molecule has 0 bridgehead atoms. The van der Waals surface area contributed by atoms with Crippen LogP contribution in [0, 0.1) is 0 Å². The highest BCUT2D eigenvalue weighted by Crippen LogP contribution is 2.28. The lowest BCUT2D eigenvalue weighted by Gasteiger charge is -2.01. The number of methoxy groups -OCH3 is 1. The Morgan fingerprint density at radius 3 is 1.72 bits per heavy atom. The van der Waals surface area contributed by atoms with Gasteiger partial charge < -0.3 is 25.2 Å². The Labute approximate surface area is 104 Å². The number of hydrogen-bond donors (Lipinski definition) is 4. The van der Waals surface area contributed by atoms with Crippen molar-refractivity contribution in [3.05, 3.63) is 18.2 Å². The molecule has 1 aromatic carbocycles. The summed E-state index contributed by atoms with van der Waals surface area (Å²) in [4.78, 5) is 18.0. The Kier molecular flexibility index (Phi) is 9.73. The fourth-order valence-corrected chi connectivity index (χ4v) is 0.666. The van der Waals surface area contributed by atoms with Crippen LogP contribution in [0.25, 0.3) is 0 Å². The predicted octanol–water partition coefficient (Wildman–Crippen LogP) is 1.29. The van der Waals surface area contributed by atoms with Gasteiger partial charge in [-0.3, -0.25) is 9.59 Å². The maximum Gasteiger partial charge on any atom is 0.300 e. The fraction of sp³-hybridized carbons (Fsp3) is 0.273. The first-order valence-corrected chi connectivity index (χ1v) is 4.65. The highest BCUT2D eigenvalue weighted by Gasteiger charge is 1.99. The van der Waals surface area contributed by atoms with Crippen molar-refractivity contribution in [1.82, 2.24) is 0 Å². The minimum absolute atomic E-state index is 0.0281. The van der Waals surface area contributed by atoms with Crippen LogP contribution in [0.15, 0.2) is 18.2 Å². The summed E-state index contributed by atoms with van der Waals surface area (Å²) in [6.07, 6.45) is 0. The zero-order chi connectivity index (χ0) is 14.7. The van der Waals surface area contributed by atoms with Crippen LogP contribution in [-0.4, -0.2) is 39.5 Å². The van der Waals surface area contributed by atoms with E-state index in [1.807, 2.05) is 0 Å². The third kappa shape index (κ3) is 13.6. The van der Waals surface area contributed by atoms with E-state index in [0.29, 0.717) is 0 Å². The van der Waals surface area contributed by atoms with Crippen LogP contribution < -0.4 is 4.74 Å². The number of rotatable bonds is 1. The zero-order valence-corrected chi connectivity index (χ0v) is 10.2. The van der Waals surface area contributed by atoms with E-state index in [1.54, 1.807) is 0 Å². The van der Waals surface area contributed by atoms with E-state index in [2.05, 4.69) is 0 Å². The van der Waals surface area contributed by atoms with Crippen molar-refractivity contribution in [2.75, 3.05) is 7.11 Å². The predicted molar refractivity (Wildman–Crippen MR) is 62.9 cm³/mol. The van der Waals surface area contributed by atoms with Gasteiger partial charge >= 0.3 is 0 Å². The Morgan fingerprint density at radius 1 is 1.06 bits per heavy atom. The van der Waals surface area contributed by atoms with Crippen LogP contribution in [0.5, 0.6) is 17.2 Å². The Balaban J connectivity index is 0. The van der Waals surface area contributed by atoms with Crippen molar-refractivity contribution in [2.24, 2.45) is 0 Å². The molecule has 0 aromatic heterocycles. The highest BCUT2D eigenvalue weighted by molar-refractivity contribution is 5.63. The van der Waals surface area contributed by atoms with E-state index >= 15 is 0 Å². The summed E-state index contributed by atoms with van der Waals surface area (Å²) in [6.45, 7) is 2.17. The van der Waals surface area contributed by atoms with Gasteiger partial charge in [0.25, 0.3) is 11.9 Å². The SMILES string of the molecule is CC(=O)O.CC(=O)O.COc1cc(O)ccc1O. The molecule has 0 saturated carbocycles. The first-order valence-electron chi connectivity index (χ1n) is 4.65. The molecule has 0 atom stereocenters. The summed E-state index contributed by atoms with van der Waals surface area (Å²) >= 11 is 0. The number of aliphatic carboxylic acids is 2. The molecule has 0 heterocycles. The van der Waals surface area contributed by atoms with Gasteiger partial charge in [-0.25, -0.2) is 0 Å². The summed E-state index contributed by atoms with van der Waals surface area (Å²) in [7, 11) is 1.43. The van der Waals surface area contributed by atoms with Crippen molar-refractivity contribution in [3.63, 3.8) is 0 Å². The van der Waals surface area contributed by atoms with Gasteiger partial charge in [0, 0.05) is 19.9 Å². The zero-order valence-electron chi connectivity index (χ0n) is 10.2. The second-order valence-electron chi connectivity index (χ2n) is 2.89. The average Bonchev–Trinajstić information content (AvgIpc) is 2.20. The molecule has 7 nitrogen and oxygen atoms in total. The van der Waals surface area contributed by atoms with Gasteiger partial charge in [0.05, 0.1) is 7.11 Å². The molecule has 0 amide bonds. The number of phenols is 2. The molecule has 0 spiro atoms. The molecule has 1 aromatic rings. The van der Waals surface area contributed by atoms with Gasteiger partial charge in [-0.1, -0.05) is 0 Å².